The van der Waals surface area contributed by atoms with Crippen LogP contribution in [0, 0.1) is 0 Å². The Labute approximate surface area is 409 Å². The summed E-state index contributed by atoms with van der Waals surface area (Å²) in [6.07, 6.45) is 8.46. The van der Waals surface area contributed by atoms with Crippen LogP contribution in [0.1, 0.15) is 51.6 Å². The minimum atomic E-state index is -0.440. The molecule has 0 saturated heterocycles. The smallest absolute Gasteiger partial charge is 0.0726 e. The highest BCUT2D eigenvalue weighted by atomic mass is 32.1. The number of allylic oxidation sites excluding steroid dienone is 3. The summed E-state index contributed by atoms with van der Waals surface area (Å²) in [4.78, 5) is 3.75. The number of fused-ring (bicyclic) bond motifs is 11. The number of hydrogen-bond donors (Lipinski definition) is 1. The Hall–Kier alpha value is -8.24. The first-order valence-corrected chi connectivity index (χ1v) is 24.8. The molecule has 0 amide bonds. The standard InChI is InChI=1S/C66H50N2S/c1-3-19-53(65-59(58-28-13-17-33-64(58)69-65)29-18-20-45(2)67-49-23-8-5-9-24-49)48-36-40-51(41-37-48)68(50-38-34-47(35-39-50)46-21-6-4-7-22-46)52-42-43-57-56-27-12-16-32-62(56)66(63(57)44-52)60-30-14-10-25-54(60)55-26-11-15-31-61(55)66/h4-28,30-44,67H,2-3,29H2,1H3/b20-18-,53-19-. The second-order valence-corrected chi connectivity index (χ2v) is 19.0. The molecule has 0 radical (unpaired) electrons. The predicted octanol–water partition coefficient (Wildman–Crippen LogP) is 17.9. The van der Waals surface area contributed by atoms with Gasteiger partial charge in [0.25, 0.3) is 0 Å². The maximum Gasteiger partial charge on any atom is 0.0726 e. The van der Waals surface area contributed by atoms with Gasteiger partial charge in [-0.05, 0) is 151 Å². The van der Waals surface area contributed by atoms with Crippen LogP contribution in [0.4, 0.5) is 22.7 Å². The monoisotopic (exact) mass is 902 g/mol. The van der Waals surface area contributed by atoms with E-state index in [1.165, 1.54) is 87.3 Å². The van der Waals surface area contributed by atoms with Crippen LogP contribution in [-0.4, -0.2) is 0 Å². The van der Waals surface area contributed by atoms with Crippen molar-refractivity contribution < 1.29 is 0 Å². The van der Waals surface area contributed by atoms with Gasteiger partial charge in [-0.3, -0.25) is 0 Å². The molecule has 69 heavy (non-hydrogen) atoms. The van der Waals surface area contributed by atoms with Crippen molar-refractivity contribution in [2.24, 2.45) is 0 Å². The fourth-order valence-corrected chi connectivity index (χ4v) is 12.3. The summed E-state index contributed by atoms with van der Waals surface area (Å²) in [6.45, 7) is 6.54. The number of benzene rings is 9. The highest BCUT2D eigenvalue weighted by molar-refractivity contribution is 7.20. The lowest BCUT2D eigenvalue weighted by Gasteiger charge is -2.32. The molecule has 1 aromatic heterocycles. The Morgan fingerprint density at radius 2 is 1.06 bits per heavy atom. The summed E-state index contributed by atoms with van der Waals surface area (Å²) in [5.74, 6) is 0. The fraction of sp³-hybridized carbons (Fsp3) is 0.0606. The largest absolute Gasteiger partial charge is 0.356 e. The molecule has 0 bridgehead atoms. The van der Waals surface area contributed by atoms with E-state index in [9.17, 15) is 0 Å². The van der Waals surface area contributed by atoms with Gasteiger partial charge >= 0.3 is 0 Å². The van der Waals surface area contributed by atoms with Crippen molar-refractivity contribution in [3.8, 4) is 33.4 Å². The van der Waals surface area contributed by atoms with Crippen molar-refractivity contribution in [3.05, 3.63) is 293 Å². The second-order valence-electron chi connectivity index (χ2n) is 18.0. The summed E-state index contributed by atoms with van der Waals surface area (Å²) in [7, 11) is 0. The maximum absolute atomic E-state index is 4.30. The van der Waals surface area contributed by atoms with E-state index in [2.05, 4.69) is 248 Å². The van der Waals surface area contributed by atoms with Crippen LogP contribution in [-0.2, 0) is 11.8 Å². The zero-order valence-corrected chi connectivity index (χ0v) is 39.4. The van der Waals surface area contributed by atoms with Gasteiger partial charge < -0.3 is 10.2 Å². The molecule has 1 heterocycles. The molecule has 0 aliphatic heterocycles. The Morgan fingerprint density at radius 1 is 0.536 bits per heavy atom. The van der Waals surface area contributed by atoms with Crippen molar-refractivity contribution in [2.45, 2.75) is 25.2 Å². The summed E-state index contributed by atoms with van der Waals surface area (Å²) >= 11 is 1.89. The van der Waals surface area contributed by atoms with Crippen LogP contribution in [0.15, 0.2) is 255 Å². The Bertz CT molecular complexity index is 3530. The van der Waals surface area contributed by atoms with E-state index in [4.69, 9.17) is 0 Å². The molecule has 2 aliphatic carbocycles. The lowest BCUT2D eigenvalue weighted by atomic mass is 9.70. The molecule has 1 spiro atoms. The van der Waals surface area contributed by atoms with Crippen molar-refractivity contribution in [1.29, 1.82) is 0 Å². The highest BCUT2D eigenvalue weighted by Gasteiger charge is 2.51. The topological polar surface area (TPSA) is 15.3 Å². The zero-order chi connectivity index (χ0) is 46.3. The first kappa shape index (κ1) is 42.1. The van der Waals surface area contributed by atoms with E-state index in [1.54, 1.807) is 0 Å². The first-order valence-electron chi connectivity index (χ1n) is 24.0. The molecule has 0 fully saturated rings. The van der Waals surface area contributed by atoms with Crippen LogP contribution < -0.4 is 10.2 Å². The van der Waals surface area contributed by atoms with Gasteiger partial charge in [0.2, 0.25) is 0 Å². The van der Waals surface area contributed by atoms with Gasteiger partial charge in [0.05, 0.1) is 5.41 Å². The summed E-state index contributed by atoms with van der Waals surface area (Å²) in [6, 6.07) is 82.4. The third kappa shape index (κ3) is 7.26. The third-order valence-electron chi connectivity index (χ3n) is 14.0. The average Bonchev–Trinajstić information content (AvgIpc) is 4.03. The molecule has 1 N–H and O–H groups in total. The number of rotatable bonds is 12. The van der Waals surface area contributed by atoms with Crippen LogP contribution in [0.3, 0.4) is 0 Å². The van der Waals surface area contributed by atoms with E-state index < -0.39 is 5.41 Å². The summed E-state index contributed by atoms with van der Waals surface area (Å²) in [5.41, 5.74) is 21.5. The van der Waals surface area contributed by atoms with Crippen LogP contribution in [0.2, 0.25) is 0 Å². The minimum absolute atomic E-state index is 0.440. The highest BCUT2D eigenvalue weighted by Crippen LogP contribution is 2.63. The third-order valence-corrected chi connectivity index (χ3v) is 15.2. The minimum Gasteiger partial charge on any atom is -0.356 e. The van der Waals surface area contributed by atoms with Gasteiger partial charge in [-0.2, -0.15) is 0 Å². The van der Waals surface area contributed by atoms with E-state index in [-0.39, 0.29) is 0 Å². The van der Waals surface area contributed by atoms with Crippen LogP contribution in [0.5, 0.6) is 0 Å². The van der Waals surface area contributed by atoms with Gasteiger partial charge in [0.15, 0.2) is 0 Å². The van der Waals surface area contributed by atoms with E-state index >= 15 is 0 Å². The fourth-order valence-electron chi connectivity index (χ4n) is 11.0. The Morgan fingerprint density at radius 3 is 1.70 bits per heavy atom. The molecule has 12 rings (SSSR count). The summed E-state index contributed by atoms with van der Waals surface area (Å²) < 4.78 is 1.30. The molecule has 0 saturated carbocycles. The number of para-hydroxylation sites is 1. The molecular weight excluding hydrogens is 853 g/mol. The number of anilines is 4. The van der Waals surface area contributed by atoms with Crippen molar-refractivity contribution in [3.63, 3.8) is 0 Å². The predicted molar refractivity (Wildman–Crippen MR) is 294 cm³/mol. The zero-order valence-electron chi connectivity index (χ0n) is 38.6. The normalized spacial score (nSPS) is 13.0. The number of thiophene rings is 1. The maximum atomic E-state index is 4.30. The number of hydrogen-bond acceptors (Lipinski definition) is 3. The molecule has 2 nitrogen and oxygen atoms in total. The molecular formula is C66H50N2S. The van der Waals surface area contributed by atoms with E-state index in [1.807, 2.05) is 29.5 Å². The first-order chi connectivity index (χ1) is 34.1. The SMILES string of the molecule is C=C(/C=C\Cc1c(/C(=C\CC)c2ccc(N(c3ccc(-c4ccccc4)cc3)c3ccc4c(c3)C3(c5ccccc5-c5ccccc53)c3ccccc3-4)cc2)sc2ccccc12)Nc1ccccc1. The molecule has 0 atom stereocenters. The number of nitrogens with zero attached hydrogens (tertiary/aromatic N) is 1. The second kappa shape index (κ2) is 17.8. The Balaban J connectivity index is 0.964. The van der Waals surface area contributed by atoms with Crippen molar-refractivity contribution in [2.75, 3.05) is 10.2 Å². The van der Waals surface area contributed by atoms with Crippen molar-refractivity contribution >= 4 is 49.7 Å². The molecule has 9 aromatic carbocycles. The molecule has 3 heteroatoms. The van der Waals surface area contributed by atoms with Gasteiger partial charge in [-0.1, -0.05) is 196 Å². The molecule has 330 valence electrons. The molecule has 10 aromatic rings. The number of nitrogens with one attached hydrogen (secondary N) is 1. The van der Waals surface area contributed by atoms with Gasteiger partial charge in [0.1, 0.15) is 0 Å². The molecule has 0 unspecified atom stereocenters. The Kier molecular flexibility index (Phi) is 10.9. The van der Waals surface area contributed by atoms with Crippen molar-refractivity contribution in [1.82, 2.24) is 0 Å². The molecule has 2 aliphatic rings. The van der Waals surface area contributed by atoms with E-state index in [0.717, 1.165) is 41.3 Å². The average molecular weight is 903 g/mol. The summed E-state index contributed by atoms with van der Waals surface area (Å²) in [5, 5.41) is 4.74. The van der Waals surface area contributed by atoms with Gasteiger partial charge in [0, 0.05) is 38.0 Å². The van der Waals surface area contributed by atoms with Gasteiger partial charge in [-0.25, -0.2) is 0 Å². The van der Waals surface area contributed by atoms with Crippen LogP contribution in [0.25, 0.3) is 49.0 Å². The lowest BCUT2D eigenvalue weighted by Crippen LogP contribution is -2.26. The lowest BCUT2D eigenvalue weighted by molar-refractivity contribution is 0.793. The quantitative estimate of drug-likeness (QED) is 0.123. The van der Waals surface area contributed by atoms with Gasteiger partial charge in [-0.15, -0.1) is 11.3 Å². The van der Waals surface area contributed by atoms with E-state index in [0.29, 0.717) is 0 Å². The van der Waals surface area contributed by atoms with Crippen LogP contribution >= 0.6 is 11.3 Å².